The summed E-state index contributed by atoms with van der Waals surface area (Å²) in [7, 11) is 1.68. The number of carbonyl (C=O) groups is 3. The minimum atomic E-state index is -0.660. The zero-order valence-corrected chi connectivity index (χ0v) is 14.2. The number of amides is 2. The SMILES string of the molecule is Cn1c(=O)n(C2CCC(=O)NC2=O)c2ccc(CCCCC=O)cc21. The largest absolute Gasteiger partial charge is 0.329 e. The van der Waals surface area contributed by atoms with Gasteiger partial charge in [0.25, 0.3) is 0 Å². The van der Waals surface area contributed by atoms with Crippen LogP contribution in [0.5, 0.6) is 0 Å². The lowest BCUT2D eigenvalue weighted by molar-refractivity contribution is -0.135. The lowest BCUT2D eigenvalue weighted by Gasteiger charge is -2.21. The van der Waals surface area contributed by atoms with E-state index in [9.17, 15) is 19.2 Å². The van der Waals surface area contributed by atoms with E-state index in [4.69, 9.17) is 0 Å². The van der Waals surface area contributed by atoms with Crippen LogP contribution in [0, 0.1) is 0 Å². The van der Waals surface area contributed by atoms with E-state index >= 15 is 0 Å². The first-order chi connectivity index (χ1) is 12.0. The van der Waals surface area contributed by atoms with Crippen LogP contribution in [0.4, 0.5) is 0 Å². The maximum Gasteiger partial charge on any atom is 0.329 e. The second-order valence-corrected chi connectivity index (χ2v) is 6.41. The van der Waals surface area contributed by atoms with Crippen LogP contribution in [0.2, 0.25) is 0 Å². The molecule has 1 aliphatic heterocycles. The molecule has 1 aliphatic rings. The molecule has 1 aromatic heterocycles. The first kappa shape index (κ1) is 17.1. The summed E-state index contributed by atoms with van der Waals surface area (Å²) in [5, 5.41) is 2.30. The Balaban J connectivity index is 1.94. The molecule has 2 aromatic rings. The molecule has 1 saturated heterocycles. The number of aldehydes is 1. The number of aryl methyl sites for hydroxylation is 2. The van der Waals surface area contributed by atoms with Crippen molar-refractivity contribution < 1.29 is 14.4 Å². The average Bonchev–Trinajstić information content (AvgIpc) is 2.83. The highest BCUT2D eigenvalue weighted by Gasteiger charge is 2.31. The first-order valence-corrected chi connectivity index (χ1v) is 8.50. The van der Waals surface area contributed by atoms with Crippen LogP contribution < -0.4 is 11.0 Å². The number of benzene rings is 1. The van der Waals surface area contributed by atoms with Crippen molar-refractivity contribution in [3.8, 4) is 0 Å². The molecule has 1 atom stereocenters. The van der Waals surface area contributed by atoms with Crippen LogP contribution in [-0.4, -0.2) is 27.2 Å². The summed E-state index contributed by atoms with van der Waals surface area (Å²) < 4.78 is 3.02. The molecule has 1 unspecified atom stereocenters. The van der Waals surface area contributed by atoms with E-state index in [1.165, 1.54) is 9.13 Å². The number of piperidine rings is 1. The van der Waals surface area contributed by atoms with Crippen LogP contribution >= 0.6 is 0 Å². The van der Waals surface area contributed by atoms with Gasteiger partial charge in [0, 0.05) is 19.9 Å². The van der Waals surface area contributed by atoms with Crippen LogP contribution in [0.15, 0.2) is 23.0 Å². The molecule has 7 heteroatoms. The normalized spacial score (nSPS) is 17.7. The lowest BCUT2D eigenvalue weighted by Crippen LogP contribution is -2.44. The summed E-state index contributed by atoms with van der Waals surface area (Å²) in [4.78, 5) is 46.5. The molecule has 132 valence electrons. The van der Waals surface area contributed by atoms with Crippen molar-refractivity contribution in [2.24, 2.45) is 7.05 Å². The Labute approximate surface area is 144 Å². The molecule has 1 aromatic carbocycles. The van der Waals surface area contributed by atoms with E-state index in [2.05, 4.69) is 5.32 Å². The van der Waals surface area contributed by atoms with Gasteiger partial charge in [0.05, 0.1) is 11.0 Å². The second kappa shape index (κ2) is 7.04. The van der Waals surface area contributed by atoms with Crippen molar-refractivity contribution in [3.63, 3.8) is 0 Å². The monoisotopic (exact) mass is 343 g/mol. The van der Waals surface area contributed by atoms with Gasteiger partial charge < -0.3 is 4.79 Å². The van der Waals surface area contributed by atoms with Gasteiger partial charge in [0.2, 0.25) is 11.8 Å². The highest BCUT2D eigenvalue weighted by molar-refractivity contribution is 6.00. The maximum atomic E-state index is 12.6. The van der Waals surface area contributed by atoms with Gasteiger partial charge in [-0.1, -0.05) is 6.07 Å². The lowest BCUT2D eigenvalue weighted by atomic mass is 10.0. The third-order valence-corrected chi connectivity index (χ3v) is 4.71. The minimum Gasteiger partial charge on any atom is -0.303 e. The van der Waals surface area contributed by atoms with E-state index in [1.807, 2.05) is 18.2 Å². The minimum absolute atomic E-state index is 0.230. The Morgan fingerprint density at radius 3 is 2.72 bits per heavy atom. The van der Waals surface area contributed by atoms with Gasteiger partial charge in [-0.3, -0.25) is 24.0 Å². The quantitative estimate of drug-likeness (QED) is 0.485. The van der Waals surface area contributed by atoms with Crippen molar-refractivity contribution in [2.45, 2.75) is 44.6 Å². The van der Waals surface area contributed by atoms with Gasteiger partial charge in [0.1, 0.15) is 12.3 Å². The molecule has 0 spiro atoms. The fraction of sp³-hybridized carbons (Fsp3) is 0.444. The number of imidazole rings is 1. The van der Waals surface area contributed by atoms with E-state index < -0.39 is 11.9 Å². The number of hydrogen-bond donors (Lipinski definition) is 1. The topological polar surface area (TPSA) is 90.2 Å². The van der Waals surface area contributed by atoms with Crippen molar-refractivity contribution in [3.05, 3.63) is 34.2 Å². The molecule has 25 heavy (non-hydrogen) atoms. The molecule has 2 heterocycles. The molecule has 0 bridgehead atoms. The molecule has 2 amide bonds. The summed E-state index contributed by atoms with van der Waals surface area (Å²) in [6.07, 6.45) is 4.64. The molecular weight excluding hydrogens is 322 g/mol. The van der Waals surface area contributed by atoms with E-state index in [1.54, 1.807) is 7.05 Å². The Morgan fingerprint density at radius 1 is 1.20 bits per heavy atom. The van der Waals surface area contributed by atoms with E-state index in [0.29, 0.717) is 18.4 Å². The van der Waals surface area contributed by atoms with Crippen molar-refractivity contribution in [2.75, 3.05) is 0 Å². The number of aromatic nitrogens is 2. The van der Waals surface area contributed by atoms with Crippen LogP contribution in [-0.2, 0) is 27.9 Å². The van der Waals surface area contributed by atoms with Crippen molar-refractivity contribution in [1.82, 2.24) is 14.5 Å². The number of hydrogen-bond acceptors (Lipinski definition) is 4. The number of nitrogens with zero attached hydrogens (tertiary/aromatic N) is 2. The number of unbranched alkanes of at least 4 members (excludes halogenated alkanes) is 2. The molecular formula is C18H21N3O4. The van der Waals surface area contributed by atoms with Gasteiger partial charge in [-0.15, -0.1) is 0 Å². The summed E-state index contributed by atoms with van der Waals surface area (Å²) in [5.74, 6) is -0.726. The van der Waals surface area contributed by atoms with Crippen LogP contribution in [0.3, 0.4) is 0 Å². The second-order valence-electron chi connectivity index (χ2n) is 6.41. The van der Waals surface area contributed by atoms with Gasteiger partial charge in [-0.25, -0.2) is 4.79 Å². The number of rotatable bonds is 6. The number of carbonyl (C=O) groups excluding carboxylic acids is 3. The van der Waals surface area contributed by atoms with Gasteiger partial charge >= 0.3 is 5.69 Å². The fourth-order valence-corrected chi connectivity index (χ4v) is 3.35. The third-order valence-electron chi connectivity index (χ3n) is 4.71. The fourth-order valence-electron chi connectivity index (χ4n) is 3.35. The molecule has 7 nitrogen and oxygen atoms in total. The summed E-state index contributed by atoms with van der Waals surface area (Å²) >= 11 is 0. The first-order valence-electron chi connectivity index (χ1n) is 8.50. The summed E-state index contributed by atoms with van der Waals surface area (Å²) in [6, 6.07) is 5.10. The summed E-state index contributed by atoms with van der Waals surface area (Å²) in [5.41, 5.74) is 2.29. The molecule has 0 saturated carbocycles. The molecule has 0 aliphatic carbocycles. The van der Waals surface area contributed by atoms with Crippen molar-refractivity contribution in [1.29, 1.82) is 0 Å². The predicted octanol–water partition coefficient (Wildman–Crippen LogP) is 1.23. The Kier molecular flexibility index (Phi) is 4.83. The van der Waals surface area contributed by atoms with Gasteiger partial charge in [0.15, 0.2) is 0 Å². The highest BCUT2D eigenvalue weighted by Crippen LogP contribution is 2.24. The van der Waals surface area contributed by atoms with Gasteiger partial charge in [-0.05, 0) is 43.4 Å². The molecule has 1 fully saturated rings. The number of imide groups is 1. The third kappa shape index (κ3) is 3.26. The molecule has 3 rings (SSSR count). The summed E-state index contributed by atoms with van der Waals surface area (Å²) in [6.45, 7) is 0. The van der Waals surface area contributed by atoms with E-state index in [0.717, 1.165) is 36.6 Å². The maximum absolute atomic E-state index is 12.6. The standard InChI is InChI=1S/C18H21N3O4/c1-20-15-11-12(5-3-2-4-10-22)6-7-13(15)21(18(20)25)14-8-9-16(23)19-17(14)24/h6-7,10-11,14H,2-5,8-9H2,1H3,(H,19,23,24). The predicted molar refractivity (Wildman–Crippen MR) is 92.2 cm³/mol. The number of nitrogens with one attached hydrogen (secondary N) is 1. The van der Waals surface area contributed by atoms with Gasteiger partial charge in [-0.2, -0.15) is 0 Å². The highest BCUT2D eigenvalue weighted by atomic mass is 16.2. The molecule has 1 N–H and O–H groups in total. The zero-order valence-electron chi connectivity index (χ0n) is 14.2. The van der Waals surface area contributed by atoms with Crippen LogP contribution in [0.1, 0.15) is 43.7 Å². The average molecular weight is 343 g/mol. The number of fused-ring (bicyclic) bond motifs is 1. The Morgan fingerprint density at radius 2 is 2.00 bits per heavy atom. The smallest absolute Gasteiger partial charge is 0.303 e. The van der Waals surface area contributed by atoms with E-state index in [-0.39, 0.29) is 18.0 Å². The Bertz CT molecular complexity index is 894. The molecule has 0 radical (unpaired) electrons. The Hall–Kier alpha value is -2.70. The zero-order chi connectivity index (χ0) is 18.0. The van der Waals surface area contributed by atoms with Crippen LogP contribution in [0.25, 0.3) is 11.0 Å². The van der Waals surface area contributed by atoms with Crippen molar-refractivity contribution >= 4 is 29.1 Å².